The number of fused-ring (bicyclic) bond motifs is 4. The fourth-order valence-electron chi connectivity index (χ4n) is 6.30. The van der Waals surface area contributed by atoms with Crippen LogP contribution in [0, 0.1) is 11.3 Å². The second kappa shape index (κ2) is 8.70. The summed E-state index contributed by atoms with van der Waals surface area (Å²) >= 11 is 0. The van der Waals surface area contributed by atoms with Crippen molar-refractivity contribution in [3.63, 3.8) is 0 Å². The number of nitrogens with zero attached hydrogens (tertiary/aromatic N) is 1. The highest BCUT2D eigenvalue weighted by molar-refractivity contribution is 5.90. The van der Waals surface area contributed by atoms with Crippen molar-refractivity contribution in [2.75, 3.05) is 19.7 Å². The maximum atomic E-state index is 13.4. The zero-order chi connectivity index (χ0) is 24.8. The second-order valence-electron chi connectivity index (χ2n) is 10.7. The lowest BCUT2D eigenvalue weighted by molar-refractivity contribution is -0.152. The number of benzene rings is 2. The molecule has 0 bridgehead atoms. The Labute approximate surface area is 205 Å². The molecule has 7 heteroatoms. The summed E-state index contributed by atoms with van der Waals surface area (Å²) in [5, 5.41) is 12.7. The van der Waals surface area contributed by atoms with Gasteiger partial charge in [0.2, 0.25) is 5.91 Å². The Morgan fingerprint density at radius 2 is 1.69 bits per heavy atom. The zero-order valence-corrected chi connectivity index (χ0v) is 20.3. The third-order valence-electron chi connectivity index (χ3n) is 8.13. The van der Waals surface area contributed by atoms with Gasteiger partial charge in [0.1, 0.15) is 12.1 Å². The van der Waals surface area contributed by atoms with Crippen molar-refractivity contribution >= 4 is 18.0 Å². The fourth-order valence-corrected chi connectivity index (χ4v) is 6.30. The van der Waals surface area contributed by atoms with Gasteiger partial charge in [0.25, 0.3) is 0 Å². The SMILES string of the molecule is CC(C)(NC(=O)OCC1c2ccccc2-c2ccccc21)C(=O)N1CC2CCCCC2(C(=O)O)C1. The van der Waals surface area contributed by atoms with Crippen molar-refractivity contribution in [2.45, 2.75) is 51.0 Å². The number of alkyl carbamates (subject to hydrolysis) is 1. The summed E-state index contributed by atoms with van der Waals surface area (Å²) in [6.07, 6.45) is 2.61. The van der Waals surface area contributed by atoms with Crippen LogP contribution in [0.25, 0.3) is 11.1 Å². The van der Waals surface area contributed by atoms with Gasteiger partial charge in [0.05, 0.1) is 5.41 Å². The number of carbonyl (C=O) groups is 3. The number of amides is 2. The highest BCUT2D eigenvalue weighted by Crippen LogP contribution is 2.47. The van der Waals surface area contributed by atoms with Gasteiger partial charge in [0.15, 0.2) is 0 Å². The largest absolute Gasteiger partial charge is 0.481 e. The van der Waals surface area contributed by atoms with Gasteiger partial charge in [-0.3, -0.25) is 9.59 Å². The van der Waals surface area contributed by atoms with Crippen LogP contribution in [0.4, 0.5) is 4.79 Å². The highest BCUT2D eigenvalue weighted by atomic mass is 16.5. The maximum Gasteiger partial charge on any atom is 0.408 e. The zero-order valence-electron chi connectivity index (χ0n) is 20.3. The third kappa shape index (κ3) is 3.97. The number of carboxylic acids is 1. The van der Waals surface area contributed by atoms with E-state index in [9.17, 15) is 19.5 Å². The number of carboxylic acid groups (broad SMARTS) is 1. The van der Waals surface area contributed by atoms with E-state index in [4.69, 9.17) is 4.74 Å². The number of rotatable bonds is 5. The average Bonchev–Trinajstić information content (AvgIpc) is 3.39. The lowest BCUT2D eigenvalue weighted by atomic mass is 9.68. The molecule has 0 spiro atoms. The Bertz CT molecular complexity index is 1130. The van der Waals surface area contributed by atoms with Crippen molar-refractivity contribution in [2.24, 2.45) is 11.3 Å². The van der Waals surface area contributed by atoms with Crippen LogP contribution >= 0.6 is 0 Å². The average molecular weight is 477 g/mol. The summed E-state index contributed by atoms with van der Waals surface area (Å²) in [5.74, 6) is -1.20. The summed E-state index contributed by atoms with van der Waals surface area (Å²) in [4.78, 5) is 39.9. The Balaban J connectivity index is 1.24. The molecule has 2 aromatic rings. The van der Waals surface area contributed by atoms with Gasteiger partial charge in [-0.15, -0.1) is 0 Å². The summed E-state index contributed by atoms with van der Waals surface area (Å²) in [7, 11) is 0. The van der Waals surface area contributed by atoms with E-state index in [1.807, 2.05) is 24.3 Å². The Kier molecular flexibility index (Phi) is 5.82. The molecule has 1 aliphatic heterocycles. The number of ether oxygens (including phenoxy) is 1. The van der Waals surface area contributed by atoms with Crippen LogP contribution in [-0.4, -0.2) is 53.2 Å². The van der Waals surface area contributed by atoms with E-state index in [2.05, 4.69) is 29.6 Å². The Hall–Kier alpha value is -3.35. The first-order valence-electron chi connectivity index (χ1n) is 12.4. The van der Waals surface area contributed by atoms with Crippen molar-refractivity contribution < 1.29 is 24.2 Å². The molecule has 7 nitrogen and oxygen atoms in total. The van der Waals surface area contributed by atoms with Crippen LogP contribution in [0.1, 0.15) is 56.6 Å². The van der Waals surface area contributed by atoms with E-state index in [-0.39, 0.29) is 30.9 Å². The summed E-state index contributed by atoms with van der Waals surface area (Å²) < 4.78 is 5.63. The Morgan fingerprint density at radius 3 is 2.29 bits per heavy atom. The molecule has 2 aromatic carbocycles. The molecule has 1 saturated carbocycles. The molecule has 0 radical (unpaired) electrons. The lowest BCUT2D eigenvalue weighted by Crippen LogP contribution is -2.56. The first-order valence-corrected chi connectivity index (χ1v) is 12.4. The van der Waals surface area contributed by atoms with E-state index in [0.717, 1.165) is 41.5 Å². The minimum atomic E-state index is -1.21. The molecule has 2 amide bonds. The molecule has 2 aliphatic carbocycles. The molecule has 5 rings (SSSR count). The normalized spacial score (nSPS) is 23.3. The first kappa shape index (κ1) is 23.4. The van der Waals surface area contributed by atoms with Gasteiger partial charge in [-0.1, -0.05) is 61.4 Å². The van der Waals surface area contributed by atoms with Gasteiger partial charge < -0.3 is 20.1 Å². The van der Waals surface area contributed by atoms with Crippen molar-refractivity contribution in [3.05, 3.63) is 59.7 Å². The van der Waals surface area contributed by atoms with E-state index >= 15 is 0 Å². The standard InChI is InChI=1S/C28H32N2O5/c1-27(2,24(31)30-15-18-9-7-8-14-28(18,17-30)25(32)33)29-26(34)35-16-23-21-12-5-3-10-19(21)20-11-4-6-13-22(20)23/h3-6,10-13,18,23H,7-9,14-17H2,1-2H3,(H,29,34)(H,32,33). The third-order valence-corrected chi connectivity index (χ3v) is 8.13. The quantitative estimate of drug-likeness (QED) is 0.667. The van der Waals surface area contributed by atoms with Gasteiger partial charge in [-0.2, -0.15) is 0 Å². The molecule has 0 aromatic heterocycles. The van der Waals surface area contributed by atoms with Gasteiger partial charge in [-0.25, -0.2) is 4.79 Å². The van der Waals surface area contributed by atoms with Gasteiger partial charge in [-0.05, 0) is 54.9 Å². The van der Waals surface area contributed by atoms with Crippen molar-refractivity contribution in [1.29, 1.82) is 0 Å². The van der Waals surface area contributed by atoms with Crippen LogP contribution in [0.3, 0.4) is 0 Å². The van der Waals surface area contributed by atoms with Gasteiger partial charge in [0, 0.05) is 19.0 Å². The predicted molar refractivity (Wildman–Crippen MR) is 131 cm³/mol. The molecule has 2 unspecified atom stereocenters. The van der Waals surface area contributed by atoms with Crippen molar-refractivity contribution in [3.8, 4) is 11.1 Å². The lowest BCUT2D eigenvalue weighted by Gasteiger charge is -2.34. The number of nitrogens with one attached hydrogen (secondary N) is 1. The molecule has 184 valence electrons. The topological polar surface area (TPSA) is 95.9 Å². The summed E-state index contributed by atoms with van der Waals surface area (Å²) in [6, 6.07) is 16.2. The molecule has 2 fully saturated rings. The second-order valence-corrected chi connectivity index (χ2v) is 10.7. The van der Waals surface area contributed by atoms with Crippen LogP contribution in [0.2, 0.25) is 0 Å². The molecule has 2 N–H and O–H groups in total. The Morgan fingerprint density at radius 1 is 1.06 bits per heavy atom. The van der Waals surface area contributed by atoms with E-state index in [1.165, 1.54) is 0 Å². The van der Waals surface area contributed by atoms with E-state index < -0.39 is 23.0 Å². The summed E-state index contributed by atoms with van der Waals surface area (Å²) in [6.45, 7) is 4.07. The minimum absolute atomic E-state index is 0.0389. The number of likely N-dealkylation sites (tertiary alicyclic amines) is 1. The predicted octanol–water partition coefficient (Wildman–Crippen LogP) is 4.41. The van der Waals surface area contributed by atoms with Crippen LogP contribution in [0.15, 0.2) is 48.5 Å². The molecular weight excluding hydrogens is 444 g/mol. The summed E-state index contributed by atoms with van der Waals surface area (Å²) in [5.41, 5.74) is 2.46. The number of hydrogen-bond donors (Lipinski definition) is 2. The monoisotopic (exact) mass is 476 g/mol. The molecule has 3 aliphatic rings. The maximum absolute atomic E-state index is 13.4. The van der Waals surface area contributed by atoms with Crippen LogP contribution < -0.4 is 5.32 Å². The van der Waals surface area contributed by atoms with E-state index in [1.54, 1.807) is 18.7 Å². The molecule has 35 heavy (non-hydrogen) atoms. The first-order chi connectivity index (χ1) is 16.7. The van der Waals surface area contributed by atoms with Crippen molar-refractivity contribution in [1.82, 2.24) is 10.2 Å². The molecule has 1 saturated heterocycles. The van der Waals surface area contributed by atoms with Crippen LogP contribution in [0.5, 0.6) is 0 Å². The van der Waals surface area contributed by atoms with Gasteiger partial charge >= 0.3 is 12.1 Å². The number of carbonyl (C=O) groups excluding carboxylic acids is 2. The van der Waals surface area contributed by atoms with E-state index in [0.29, 0.717) is 13.0 Å². The highest BCUT2D eigenvalue weighted by Gasteiger charge is 2.55. The van der Waals surface area contributed by atoms with Crippen LogP contribution in [-0.2, 0) is 14.3 Å². The smallest absolute Gasteiger partial charge is 0.408 e. The minimum Gasteiger partial charge on any atom is -0.481 e. The molecule has 1 heterocycles. The molecule has 2 atom stereocenters. The molecular formula is C28H32N2O5. The fraction of sp³-hybridized carbons (Fsp3) is 0.464. The number of hydrogen-bond acceptors (Lipinski definition) is 4. The number of aliphatic carboxylic acids is 1.